The molecule has 2 aliphatic rings. The molecular formula is C12H19BrN2O2. The van der Waals surface area contributed by atoms with Crippen molar-refractivity contribution in [1.82, 2.24) is 10.2 Å². The molecule has 1 aliphatic carbocycles. The summed E-state index contributed by atoms with van der Waals surface area (Å²) in [6, 6.07) is -0.499. The van der Waals surface area contributed by atoms with Crippen molar-refractivity contribution in [2.75, 3.05) is 11.9 Å². The Hall–Kier alpha value is -0.580. The molecule has 1 saturated heterocycles. The highest BCUT2D eigenvalue weighted by molar-refractivity contribution is 9.09. The maximum atomic E-state index is 12.1. The number of hydrogen-bond acceptors (Lipinski definition) is 2. The van der Waals surface area contributed by atoms with Gasteiger partial charge in [0, 0.05) is 11.9 Å². The molecule has 0 aromatic heterocycles. The number of imide groups is 1. The van der Waals surface area contributed by atoms with Gasteiger partial charge in [-0.3, -0.25) is 9.69 Å². The van der Waals surface area contributed by atoms with E-state index in [1.54, 1.807) is 0 Å². The number of rotatable bonds is 5. The second-order valence-corrected chi connectivity index (χ2v) is 5.76. The lowest BCUT2D eigenvalue weighted by molar-refractivity contribution is -0.129. The SMILES string of the molecule is CCCC1NC(=O)N(CC2(CBr)CCC2)C1=O. The van der Waals surface area contributed by atoms with Crippen LogP contribution in [0.3, 0.4) is 0 Å². The van der Waals surface area contributed by atoms with E-state index in [-0.39, 0.29) is 23.4 Å². The van der Waals surface area contributed by atoms with Crippen LogP contribution >= 0.6 is 15.9 Å². The van der Waals surface area contributed by atoms with Crippen LogP contribution in [-0.2, 0) is 4.79 Å². The third-order valence-corrected chi connectivity index (χ3v) is 5.07. The lowest BCUT2D eigenvalue weighted by atomic mass is 9.70. The van der Waals surface area contributed by atoms with Crippen molar-refractivity contribution in [2.45, 2.75) is 45.1 Å². The molecule has 1 aliphatic heterocycles. The number of amides is 3. The van der Waals surface area contributed by atoms with Crippen molar-refractivity contribution in [3.8, 4) is 0 Å². The molecule has 1 atom stereocenters. The molecule has 0 bridgehead atoms. The van der Waals surface area contributed by atoms with Gasteiger partial charge in [-0.2, -0.15) is 0 Å². The molecule has 2 rings (SSSR count). The minimum Gasteiger partial charge on any atom is -0.326 e. The first-order valence-corrected chi connectivity index (χ1v) is 7.42. The Morgan fingerprint density at radius 3 is 2.65 bits per heavy atom. The van der Waals surface area contributed by atoms with Crippen LogP contribution in [0.25, 0.3) is 0 Å². The van der Waals surface area contributed by atoms with E-state index in [1.165, 1.54) is 11.3 Å². The highest BCUT2D eigenvalue weighted by Crippen LogP contribution is 2.43. The van der Waals surface area contributed by atoms with Crippen molar-refractivity contribution in [2.24, 2.45) is 5.41 Å². The Bertz CT molecular complexity index is 323. The third kappa shape index (κ3) is 2.34. The molecule has 1 heterocycles. The molecule has 1 saturated carbocycles. The monoisotopic (exact) mass is 302 g/mol. The van der Waals surface area contributed by atoms with Gasteiger partial charge < -0.3 is 5.32 Å². The Balaban J connectivity index is 2.01. The normalized spacial score (nSPS) is 26.9. The Labute approximate surface area is 110 Å². The number of urea groups is 1. The molecule has 0 aromatic carbocycles. The van der Waals surface area contributed by atoms with Crippen molar-refractivity contribution in [1.29, 1.82) is 0 Å². The largest absolute Gasteiger partial charge is 0.326 e. The summed E-state index contributed by atoms with van der Waals surface area (Å²) in [5.74, 6) is -0.0379. The summed E-state index contributed by atoms with van der Waals surface area (Å²) in [6.07, 6.45) is 5.06. The van der Waals surface area contributed by atoms with Gasteiger partial charge >= 0.3 is 6.03 Å². The lowest BCUT2D eigenvalue weighted by Gasteiger charge is -2.42. The number of carbonyl (C=O) groups excluding carboxylic acids is 2. The average Bonchev–Trinajstić information content (AvgIpc) is 2.51. The fourth-order valence-electron chi connectivity index (χ4n) is 2.56. The number of nitrogens with zero attached hydrogens (tertiary/aromatic N) is 1. The minimum atomic E-state index is -0.292. The van der Waals surface area contributed by atoms with E-state index < -0.39 is 0 Å². The highest BCUT2D eigenvalue weighted by Gasteiger charge is 2.44. The van der Waals surface area contributed by atoms with Gasteiger partial charge in [-0.05, 0) is 24.7 Å². The highest BCUT2D eigenvalue weighted by atomic mass is 79.9. The average molecular weight is 303 g/mol. The molecule has 1 unspecified atom stereocenters. The summed E-state index contributed by atoms with van der Waals surface area (Å²) < 4.78 is 0. The summed E-state index contributed by atoms with van der Waals surface area (Å²) in [6.45, 7) is 2.59. The number of alkyl halides is 1. The second-order valence-electron chi connectivity index (χ2n) is 5.20. The standard InChI is InChI=1S/C12H19BrN2O2/c1-2-4-9-10(16)15(11(17)14-9)8-12(7-13)5-3-6-12/h9H,2-8H2,1H3,(H,14,17). The summed E-state index contributed by atoms with van der Waals surface area (Å²) >= 11 is 3.51. The van der Waals surface area contributed by atoms with Crippen LogP contribution in [0.4, 0.5) is 4.79 Å². The molecule has 1 N–H and O–H groups in total. The zero-order valence-corrected chi connectivity index (χ0v) is 11.8. The minimum absolute atomic E-state index is 0.0379. The Kier molecular flexibility index (Phi) is 3.76. The molecule has 4 nitrogen and oxygen atoms in total. The summed E-state index contributed by atoms with van der Waals surface area (Å²) in [5.41, 5.74) is 0.133. The fraction of sp³-hybridized carbons (Fsp3) is 0.833. The van der Waals surface area contributed by atoms with E-state index in [0.29, 0.717) is 6.54 Å². The van der Waals surface area contributed by atoms with Gasteiger partial charge in [0.15, 0.2) is 0 Å². The molecule has 2 fully saturated rings. The Morgan fingerprint density at radius 1 is 1.47 bits per heavy atom. The zero-order valence-electron chi connectivity index (χ0n) is 10.2. The Morgan fingerprint density at radius 2 is 2.18 bits per heavy atom. The smallest absolute Gasteiger partial charge is 0.324 e. The van der Waals surface area contributed by atoms with Crippen LogP contribution in [0, 0.1) is 5.41 Å². The van der Waals surface area contributed by atoms with E-state index in [9.17, 15) is 9.59 Å². The van der Waals surface area contributed by atoms with Crippen LogP contribution in [0.5, 0.6) is 0 Å². The van der Waals surface area contributed by atoms with Crippen LogP contribution in [0.2, 0.25) is 0 Å². The van der Waals surface area contributed by atoms with Gasteiger partial charge in [0.25, 0.3) is 5.91 Å². The topological polar surface area (TPSA) is 49.4 Å². The molecule has 0 spiro atoms. The van der Waals surface area contributed by atoms with Crippen LogP contribution in [0.1, 0.15) is 39.0 Å². The second kappa shape index (κ2) is 4.96. The van der Waals surface area contributed by atoms with E-state index in [4.69, 9.17) is 0 Å². The molecule has 17 heavy (non-hydrogen) atoms. The molecule has 0 radical (unpaired) electrons. The molecule has 3 amide bonds. The maximum Gasteiger partial charge on any atom is 0.324 e. The third-order valence-electron chi connectivity index (χ3n) is 3.88. The number of hydrogen-bond donors (Lipinski definition) is 1. The van der Waals surface area contributed by atoms with Gasteiger partial charge in [-0.15, -0.1) is 0 Å². The number of nitrogens with one attached hydrogen (secondary N) is 1. The number of halogens is 1. The van der Waals surface area contributed by atoms with Crippen molar-refractivity contribution in [3.05, 3.63) is 0 Å². The maximum absolute atomic E-state index is 12.1. The molecule has 0 aromatic rings. The lowest BCUT2D eigenvalue weighted by Crippen LogP contribution is -2.46. The van der Waals surface area contributed by atoms with Crippen LogP contribution < -0.4 is 5.32 Å². The van der Waals surface area contributed by atoms with Crippen LogP contribution in [0.15, 0.2) is 0 Å². The van der Waals surface area contributed by atoms with E-state index in [2.05, 4.69) is 21.2 Å². The van der Waals surface area contributed by atoms with Gasteiger partial charge in [-0.25, -0.2) is 4.79 Å². The van der Waals surface area contributed by atoms with Gasteiger partial charge in [0.05, 0.1) is 0 Å². The number of carbonyl (C=O) groups is 2. The van der Waals surface area contributed by atoms with Gasteiger partial charge in [-0.1, -0.05) is 35.7 Å². The van der Waals surface area contributed by atoms with Crippen molar-refractivity contribution < 1.29 is 9.59 Å². The first-order chi connectivity index (χ1) is 8.12. The van der Waals surface area contributed by atoms with Gasteiger partial charge in [0.2, 0.25) is 0 Å². The predicted molar refractivity (Wildman–Crippen MR) is 69.0 cm³/mol. The first kappa shape index (κ1) is 12.9. The molecule has 5 heteroatoms. The van der Waals surface area contributed by atoms with Crippen molar-refractivity contribution in [3.63, 3.8) is 0 Å². The molecular weight excluding hydrogens is 284 g/mol. The van der Waals surface area contributed by atoms with Gasteiger partial charge in [0.1, 0.15) is 6.04 Å². The van der Waals surface area contributed by atoms with Crippen molar-refractivity contribution >= 4 is 27.9 Å². The first-order valence-electron chi connectivity index (χ1n) is 6.30. The van der Waals surface area contributed by atoms with E-state index in [1.807, 2.05) is 6.92 Å². The van der Waals surface area contributed by atoms with E-state index >= 15 is 0 Å². The predicted octanol–water partition coefficient (Wildman–Crippen LogP) is 2.27. The fourth-order valence-corrected chi connectivity index (χ4v) is 3.30. The molecule has 96 valence electrons. The summed E-state index contributed by atoms with van der Waals surface area (Å²) in [7, 11) is 0. The van der Waals surface area contributed by atoms with E-state index in [0.717, 1.165) is 31.0 Å². The zero-order chi connectivity index (χ0) is 12.5. The van der Waals surface area contributed by atoms with Crippen LogP contribution in [-0.4, -0.2) is 34.8 Å². The summed E-state index contributed by atoms with van der Waals surface area (Å²) in [5, 5.41) is 3.64. The quantitative estimate of drug-likeness (QED) is 0.626. The summed E-state index contributed by atoms with van der Waals surface area (Å²) in [4.78, 5) is 25.3.